The smallest absolute Gasteiger partial charge is 0.227 e. The second-order valence-corrected chi connectivity index (χ2v) is 7.99. The van der Waals surface area contributed by atoms with Crippen LogP contribution in [0.4, 0.5) is 20.2 Å². The zero-order chi connectivity index (χ0) is 19.2. The van der Waals surface area contributed by atoms with Gasteiger partial charge in [0.1, 0.15) is 11.5 Å². The molecule has 0 unspecified atom stereocenters. The van der Waals surface area contributed by atoms with E-state index in [-0.39, 0.29) is 12.2 Å². The number of nitrogens with one attached hydrogen (secondary N) is 1. The van der Waals surface area contributed by atoms with Crippen molar-refractivity contribution in [2.45, 2.75) is 37.9 Å². The van der Waals surface area contributed by atoms with E-state index in [1.165, 1.54) is 12.1 Å². The fraction of sp³-hybridized carbons (Fsp3) is 0.350. The third-order valence-electron chi connectivity index (χ3n) is 5.14. The number of carbonyl (C=O) groups excluding carboxylic acids is 1. The van der Waals surface area contributed by atoms with Crippen LogP contribution in [-0.2, 0) is 17.8 Å². The van der Waals surface area contributed by atoms with Crippen molar-refractivity contribution in [1.82, 2.24) is 0 Å². The summed E-state index contributed by atoms with van der Waals surface area (Å²) in [6.07, 6.45) is 1.38. The molecule has 3 nitrogen and oxygen atoms in total. The molecule has 1 heterocycles. The van der Waals surface area contributed by atoms with Crippen LogP contribution in [0, 0.1) is 5.82 Å². The molecular weight excluding hydrogens is 393 g/mol. The summed E-state index contributed by atoms with van der Waals surface area (Å²) in [4.78, 5) is 14.2. The molecule has 1 amide bonds. The van der Waals surface area contributed by atoms with Crippen LogP contribution in [0.2, 0.25) is 10.0 Å². The SMILES string of the molecule is O=C(CC1(F)CC1)Nc1c(Cl)cc2c(c1Cl)CN(c1ccc(F)cc1)CC2. The molecule has 1 fully saturated rings. The summed E-state index contributed by atoms with van der Waals surface area (Å²) in [6, 6.07) is 8.10. The molecule has 7 heteroatoms. The van der Waals surface area contributed by atoms with Gasteiger partial charge in [0.25, 0.3) is 0 Å². The van der Waals surface area contributed by atoms with E-state index >= 15 is 0 Å². The highest BCUT2D eigenvalue weighted by Gasteiger charge is 2.45. The van der Waals surface area contributed by atoms with Gasteiger partial charge in [-0.05, 0) is 60.7 Å². The fourth-order valence-corrected chi connectivity index (χ4v) is 4.05. The number of rotatable bonds is 4. The monoisotopic (exact) mass is 410 g/mol. The number of hydrogen-bond acceptors (Lipinski definition) is 2. The lowest BCUT2D eigenvalue weighted by atomic mass is 9.98. The van der Waals surface area contributed by atoms with Crippen molar-refractivity contribution in [2.24, 2.45) is 0 Å². The predicted octanol–water partition coefficient (Wildman–Crippen LogP) is 5.53. The average molecular weight is 411 g/mol. The van der Waals surface area contributed by atoms with E-state index in [9.17, 15) is 13.6 Å². The van der Waals surface area contributed by atoms with Gasteiger partial charge in [-0.1, -0.05) is 23.2 Å². The first kappa shape index (κ1) is 18.5. The molecule has 0 bridgehead atoms. The number of anilines is 2. The van der Waals surface area contributed by atoms with E-state index in [1.54, 1.807) is 12.1 Å². The first-order valence-corrected chi connectivity index (χ1v) is 9.59. The van der Waals surface area contributed by atoms with Crippen molar-refractivity contribution >= 4 is 40.5 Å². The Morgan fingerprint density at radius 1 is 1.22 bits per heavy atom. The Hall–Kier alpha value is -1.85. The molecule has 2 aliphatic rings. The van der Waals surface area contributed by atoms with Gasteiger partial charge in [0.2, 0.25) is 5.91 Å². The van der Waals surface area contributed by atoms with Crippen molar-refractivity contribution in [3.8, 4) is 0 Å². The number of alkyl halides is 1. The van der Waals surface area contributed by atoms with Crippen LogP contribution >= 0.6 is 23.2 Å². The minimum absolute atomic E-state index is 0.182. The summed E-state index contributed by atoms with van der Waals surface area (Å²) in [5.41, 5.74) is 1.73. The van der Waals surface area contributed by atoms with Crippen molar-refractivity contribution in [3.63, 3.8) is 0 Å². The Morgan fingerprint density at radius 2 is 1.93 bits per heavy atom. The van der Waals surface area contributed by atoms with Crippen molar-refractivity contribution < 1.29 is 13.6 Å². The van der Waals surface area contributed by atoms with Crippen LogP contribution in [0.15, 0.2) is 30.3 Å². The zero-order valence-corrected chi connectivity index (χ0v) is 16.0. The number of carbonyl (C=O) groups is 1. The van der Waals surface area contributed by atoms with Crippen LogP contribution < -0.4 is 10.2 Å². The minimum atomic E-state index is -1.38. The van der Waals surface area contributed by atoms with Gasteiger partial charge in [-0.15, -0.1) is 0 Å². The first-order chi connectivity index (χ1) is 12.8. The van der Waals surface area contributed by atoms with Crippen molar-refractivity contribution in [1.29, 1.82) is 0 Å². The van der Waals surface area contributed by atoms with Crippen LogP contribution in [0.5, 0.6) is 0 Å². The summed E-state index contributed by atoms with van der Waals surface area (Å²) in [7, 11) is 0. The quantitative estimate of drug-likeness (QED) is 0.718. The number of fused-ring (bicyclic) bond motifs is 1. The Kier molecular flexibility index (Phi) is 4.77. The maximum absolute atomic E-state index is 13.8. The maximum Gasteiger partial charge on any atom is 0.227 e. The van der Waals surface area contributed by atoms with Gasteiger partial charge >= 0.3 is 0 Å². The second kappa shape index (κ2) is 6.95. The first-order valence-electron chi connectivity index (χ1n) is 8.84. The fourth-order valence-electron chi connectivity index (χ4n) is 3.40. The normalized spacial score (nSPS) is 17.4. The van der Waals surface area contributed by atoms with E-state index in [0.29, 0.717) is 35.1 Å². The number of amides is 1. The van der Waals surface area contributed by atoms with Crippen molar-refractivity contribution in [2.75, 3.05) is 16.8 Å². The standard InChI is InChI=1S/C20H18Cl2F2N2O/c21-16-9-12-5-8-26(14-3-1-13(23)2-4-14)11-15(12)18(22)19(16)25-17(27)10-20(24)6-7-20/h1-4,9H,5-8,10-11H2,(H,25,27). The summed E-state index contributed by atoms with van der Waals surface area (Å²) < 4.78 is 27.0. The Balaban J connectivity index is 1.58. The van der Waals surface area contributed by atoms with Crippen molar-refractivity contribution in [3.05, 3.63) is 57.3 Å². The van der Waals surface area contributed by atoms with E-state index in [0.717, 1.165) is 29.8 Å². The average Bonchev–Trinajstić information content (AvgIpc) is 3.36. The molecule has 2 aromatic carbocycles. The molecule has 0 spiro atoms. The Morgan fingerprint density at radius 3 is 2.59 bits per heavy atom. The molecule has 2 aromatic rings. The molecule has 0 saturated heterocycles. The Bertz CT molecular complexity index is 898. The van der Waals surface area contributed by atoms with Crippen LogP contribution in [0.3, 0.4) is 0 Å². The molecule has 4 rings (SSSR count). The molecule has 1 aliphatic carbocycles. The maximum atomic E-state index is 13.8. The van der Waals surface area contributed by atoms with Gasteiger partial charge in [0.05, 0.1) is 22.2 Å². The highest BCUT2D eigenvalue weighted by molar-refractivity contribution is 6.40. The molecule has 0 radical (unpaired) electrons. The van der Waals surface area contributed by atoms with E-state index in [1.807, 2.05) is 6.07 Å². The topological polar surface area (TPSA) is 32.3 Å². The third kappa shape index (κ3) is 3.90. The van der Waals surface area contributed by atoms with E-state index in [2.05, 4.69) is 10.2 Å². The van der Waals surface area contributed by atoms with Gasteiger partial charge < -0.3 is 10.2 Å². The minimum Gasteiger partial charge on any atom is -0.367 e. The summed E-state index contributed by atoms with van der Waals surface area (Å²) >= 11 is 12.9. The molecule has 1 aliphatic heterocycles. The molecule has 1 saturated carbocycles. The third-order valence-corrected chi connectivity index (χ3v) is 5.85. The highest BCUT2D eigenvalue weighted by atomic mass is 35.5. The molecule has 142 valence electrons. The molecule has 1 N–H and O–H groups in total. The van der Waals surface area contributed by atoms with Crippen LogP contribution in [-0.4, -0.2) is 18.1 Å². The zero-order valence-electron chi connectivity index (χ0n) is 14.5. The predicted molar refractivity (Wildman–Crippen MR) is 104 cm³/mol. The highest BCUT2D eigenvalue weighted by Crippen LogP contribution is 2.44. The second-order valence-electron chi connectivity index (χ2n) is 7.21. The largest absolute Gasteiger partial charge is 0.367 e. The summed E-state index contributed by atoms with van der Waals surface area (Å²) in [5.74, 6) is -0.711. The van der Waals surface area contributed by atoms with E-state index < -0.39 is 11.6 Å². The lowest BCUT2D eigenvalue weighted by Gasteiger charge is -2.32. The number of halogens is 4. The van der Waals surface area contributed by atoms with Crippen LogP contribution in [0.25, 0.3) is 0 Å². The number of hydrogen-bond donors (Lipinski definition) is 1. The van der Waals surface area contributed by atoms with E-state index in [4.69, 9.17) is 23.2 Å². The molecular formula is C20H18Cl2F2N2O. The van der Waals surface area contributed by atoms with Gasteiger partial charge in [-0.2, -0.15) is 0 Å². The summed E-state index contributed by atoms with van der Waals surface area (Å²) in [5, 5.41) is 3.41. The lowest BCUT2D eigenvalue weighted by Crippen LogP contribution is -2.31. The van der Waals surface area contributed by atoms with Gasteiger partial charge in [-0.3, -0.25) is 4.79 Å². The Labute approximate surface area is 166 Å². The summed E-state index contributed by atoms with van der Waals surface area (Å²) in [6.45, 7) is 1.27. The van der Waals surface area contributed by atoms with Crippen LogP contribution in [0.1, 0.15) is 30.4 Å². The molecule has 27 heavy (non-hydrogen) atoms. The molecule has 0 atom stereocenters. The van der Waals surface area contributed by atoms with Gasteiger partial charge in [0, 0.05) is 18.8 Å². The number of benzene rings is 2. The van der Waals surface area contributed by atoms with Gasteiger partial charge in [0.15, 0.2) is 0 Å². The number of nitrogens with zero attached hydrogens (tertiary/aromatic N) is 1. The lowest BCUT2D eigenvalue weighted by molar-refractivity contribution is -0.117. The molecule has 0 aromatic heterocycles. The van der Waals surface area contributed by atoms with Gasteiger partial charge in [-0.25, -0.2) is 8.78 Å².